The Hall–Kier alpha value is -0.885. The number of hydrogen-bond acceptors (Lipinski definition) is 4. The lowest BCUT2D eigenvalue weighted by Crippen LogP contribution is -2.45. The Kier molecular flexibility index (Phi) is 5.60. The zero-order valence-electron chi connectivity index (χ0n) is 13.2. The van der Waals surface area contributed by atoms with Gasteiger partial charge in [0.25, 0.3) is 0 Å². The summed E-state index contributed by atoms with van der Waals surface area (Å²) in [4.78, 5) is -0.0782. The van der Waals surface area contributed by atoms with E-state index in [4.69, 9.17) is 0 Å². The summed E-state index contributed by atoms with van der Waals surface area (Å²) in [6, 6.07) is 4.75. The van der Waals surface area contributed by atoms with Gasteiger partial charge in [-0.2, -0.15) is 0 Å². The molecule has 0 spiro atoms. The standard InChI is InChI=1S/C14H24BNO4S/c1-10(2)9-11-7-6-8-12(13(11)15(17)18)21(19,20)16-14(3,4)5/h6-8,10,16-18H,9H2,1-5H3. The summed E-state index contributed by atoms with van der Waals surface area (Å²) < 4.78 is 27.5. The highest BCUT2D eigenvalue weighted by molar-refractivity contribution is 7.89. The van der Waals surface area contributed by atoms with Crippen LogP contribution in [0.15, 0.2) is 23.1 Å². The van der Waals surface area contributed by atoms with Crippen molar-refractivity contribution in [2.75, 3.05) is 0 Å². The minimum Gasteiger partial charge on any atom is -0.423 e. The SMILES string of the molecule is CC(C)Cc1cccc(S(=O)(=O)NC(C)(C)C)c1B(O)O. The van der Waals surface area contributed by atoms with Gasteiger partial charge in [-0.1, -0.05) is 26.0 Å². The maximum atomic E-state index is 12.5. The molecule has 0 aliphatic rings. The predicted octanol–water partition coefficient (Wildman–Crippen LogP) is 0.642. The smallest absolute Gasteiger partial charge is 0.423 e. The first-order chi connectivity index (χ1) is 9.44. The van der Waals surface area contributed by atoms with Crippen molar-refractivity contribution in [2.45, 2.75) is 51.5 Å². The molecule has 1 rings (SSSR count). The second kappa shape index (κ2) is 6.48. The zero-order chi connectivity index (χ0) is 16.4. The van der Waals surface area contributed by atoms with Crippen molar-refractivity contribution in [1.29, 1.82) is 0 Å². The predicted molar refractivity (Wildman–Crippen MR) is 84.9 cm³/mol. The maximum absolute atomic E-state index is 12.5. The van der Waals surface area contributed by atoms with Gasteiger partial charge in [0, 0.05) is 11.0 Å². The molecule has 1 aromatic carbocycles. The summed E-state index contributed by atoms with van der Waals surface area (Å²) in [5.41, 5.74) is 0.0459. The fourth-order valence-corrected chi connectivity index (χ4v) is 3.89. The van der Waals surface area contributed by atoms with Gasteiger partial charge in [-0.05, 0) is 44.7 Å². The van der Waals surface area contributed by atoms with E-state index in [1.54, 1.807) is 32.9 Å². The van der Waals surface area contributed by atoms with Gasteiger partial charge in [0.1, 0.15) is 0 Å². The van der Waals surface area contributed by atoms with E-state index in [1.807, 2.05) is 13.8 Å². The Morgan fingerprint density at radius 2 is 1.81 bits per heavy atom. The van der Waals surface area contributed by atoms with Crippen LogP contribution >= 0.6 is 0 Å². The topological polar surface area (TPSA) is 86.6 Å². The van der Waals surface area contributed by atoms with Crippen LogP contribution in [-0.2, 0) is 16.4 Å². The van der Waals surface area contributed by atoms with Crippen molar-refractivity contribution in [3.05, 3.63) is 23.8 Å². The Balaban J connectivity index is 3.42. The monoisotopic (exact) mass is 313 g/mol. The minimum absolute atomic E-state index is 0.0583. The highest BCUT2D eigenvalue weighted by atomic mass is 32.2. The maximum Gasteiger partial charge on any atom is 0.490 e. The van der Waals surface area contributed by atoms with Crippen LogP contribution in [0, 0.1) is 5.92 Å². The Bertz CT molecular complexity index is 591. The van der Waals surface area contributed by atoms with Crippen LogP contribution in [0.5, 0.6) is 0 Å². The molecule has 0 saturated heterocycles. The van der Waals surface area contributed by atoms with E-state index in [1.165, 1.54) is 6.07 Å². The summed E-state index contributed by atoms with van der Waals surface area (Å²) in [5.74, 6) is 0.274. The number of sulfonamides is 1. The third-order valence-corrected chi connectivity index (χ3v) is 4.59. The molecule has 7 heteroatoms. The van der Waals surface area contributed by atoms with Crippen LogP contribution in [-0.4, -0.2) is 31.1 Å². The molecular formula is C14H24BNO4S. The summed E-state index contributed by atoms with van der Waals surface area (Å²) in [5, 5.41) is 19.2. The van der Waals surface area contributed by atoms with E-state index in [-0.39, 0.29) is 16.3 Å². The fourth-order valence-electron chi connectivity index (χ4n) is 2.19. The number of nitrogens with one attached hydrogen (secondary N) is 1. The van der Waals surface area contributed by atoms with Gasteiger partial charge in [-0.3, -0.25) is 0 Å². The molecule has 0 heterocycles. The molecule has 0 aromatic heterocycles. The van der Waals surface area contributed by atoms with Crippen molar-refractivity contribution in [2.24, 2.45) is 5.92 Å². The first kappa shape index (κ1) is 18.2. The van der Waals surface area contributed by atoms with Crippen LogP contribution in [0.2, 0.25) is 0 Å². The van der Waals surface area contributed by atoms with Crippen molar-refractivity contribution < 1.29 is 18.5 Å². The van der Waals surface area contributed by atoms with E-state index in [2.05, 4.69) is 4.72 Å². The van der Waals surface area contributed by atoms with Crippen LogP contribution in [0.25, 0.3) is 0 Å². The molecule has 3 N–H and O–H groups in total. The molecule has 0 amide bonds. The largest absolute Gasteiger partial charge is 0.490 e. The molecule has 0 bridgehead atoms. The van der Waals surface area contributed by atoms with E-state index < -0.39 is 22.7 Å². The molecule has 118 valence electrons. The lowest BCUT2D eigenvalue weighted by Gasteiger charge is -2.23. The van der Waals surface area contributed by atoms with Gasteiger partial charge < -0.3 is 10.0 Å². The third kappa shape index (κ3) is 5.11. The average Bonchev–Trinajstić information content (AvgIpc) is 2.24. The van der Waals surface area contributed by atoms with Crippen LogP contribution in [0.4, 0.5) is 0 Å². The first-order valence-electron chi connectivity index (χ1n) is 6.96. The molecule has 5 nitrogen and oxygen atoms in total. The van der Waals surface area contributed by atoms with Crippen LogP contribution in [0.1, 0.15) is 40.2 Å². The number of rotatable bonds is 5. The molecule has 0 fully saturated rings. The lowest BCUT2D eigenvalue weighted by molar-refractivity contribution is 0.423. The Morgan fingerprint density at radius 1 is 1.24 bits per heavy atom. The molecule has 0 atom stereocenters. The van der Waals surface area contributed by atoms with E-state index in [0.717, 1.165) is 0 Å². The fraction of sp³-hybridized carbons (Fsp3) is 0.571. The van der Waals surface area contributed by atoms with Gasteiger partial charge in [0.15, 0.2) is 0 Å². The molecule has 0 aliphatic carbocycles. The molecule has 0 aliphatic heterocycles. The van der Waals surface area contributed by atoms with Crippen LogP contribution in [0.3, 0.4) is 0 Å². The van der Waals surface area contributed by atoms with Gasteiger partial charge in [-0.15, -0.1) is 0 Å². The van der Waals surface area contributed by atoms with Crippen molar-refractivity contribution in [3.8, 4) is 0 Å². The summed E-state index contributed by atoms with van der Waals surface area (Å²) in [6.45, 7) is 9.18. The minimum atomic E-state index is -3.82. The van der Waals surface area contributed by atoms with Gasteiger partial charge in [-0.25, -0.2) is 13.1 Å². The van der Waals surface area contributed by atoms with E-state index >= 15 is 0 Å². The second-order valence-electron chi connectivity index (χ2n) is 6.66. The normalized spacial score (nSPS) is 12.8. The third-order valence-electron chi connectivity index (χ3n) is 2.77. The number of benzene rings is 1. The quantitative estimate of drug-likeness (QED) is 0.696. The van der Waals surface area contributed by atoms with Gasteiger partial charge in [0.2, 0.25) is 10.0 Å². The molecular weight excluding hydrogens is 289 g/mol. The van der Waals surface area contributed by atoms with Crippen molar-refractivity contribution in [3.63, 3.8) is 0 Å². The van der Waals surface area contributed by atoms with Crippen LogP contribution < -0.4 is 10.2 Å². The molecule has 0 saturated carbocycles. The summed E-state index contributed by atoms with van der Waals surface area (Å²) in [7, 11) is -5.65. The van der Waals surface area contributed by atoms with E-state index in [0.29, 0.717) is 12.0 Å². The second-order valence-corrected chi connectivity index (χ2v) is 8.31. The Morgan fingerprint density at radius 3 is 2.24 bits per heavy atom. The highest BCUT2D eigenvalue weighted by Gasteiger charge is 2.30. The molecule has 1 aromatic rings. The molecule has 21 heavy (non-hydrogen) atoms. The molecule has 0 unspecified atom stereocenters. The first-order valence-corrected chi connectivity index (χ1v) is 8.44. The highest BCUT2D eigenvalue weighted by Crippen LogP contribution is 2.15. The average molecular weight is 313 g/mol. The van der Waals surface area contributed by atoms with Gasteiger partial charge >= 0.3 is 7.12 Å². The zero-order valence-corrected chi connectivity index (χ0v) is 14.0. The van der Waals surface area contributed by atoms with Crippen molar-refractivity contribution >= 4 is 22.6 Å². The summed E-state index contributed by atoms with van der Waals surface area (Å²) >= 11 is 0. The summed E-state index contributed by atoms with van der Waals surface area (Å²) in [6.07, 6.45) is 0.575. The van der Waals surface area contributed by atoms with E-state index in [9.17, 15) is 18.5 Å². The van der Waals surface area contributed by atoms with Crippen molar-refractivity contribution in [1.82, 2.24) is 4.72 Å². The van der Waals surface area contributed by atoms with Gasteiger partial charge in [0.05, 0.1) is 4.90 Å². The number of hydrogen-bond donors (Lipinski definition) is 3. The lowest BCUT2D eigenvalue weighted by atomic mass is 9.75. The molecule has 0 radical (unpaired) electrons. The Labute approximate surface area is 127 Å².